The van der Waals surface area contributed by atoms with Gasteiger partial charge in [0.05, 0.1) is 22.3 Å². The van der Waals surface area contributed by atoms with E-state index in [2.05, 4.69) is 10.3 Å². The molecule has 1 aromatic heterocycles. The molecular formula is C21H27Cl2N3O3. The van der Waals surface area contributed by atoms with E-state index in [1.807, 2.05) is 18.2 Å². The molecule has 8 heteroatoms. The lowest BCUT2D eigenvalue weighted by Gasteiger charge is -2.26. The number of ether oxygens (including phenoxy) is 1. The van der Waals surface area contributed by atoms with Crippen molar-refractivity contribution in [1.29, 1.82) is 0 Å². The van der Waals surface area contributed by atoms with Crippen LogP contribution >= 0.6 is 23.2 Å². The third kappa shape index (κ3) is 7.82. The van der Waals surface area contributed by atoms with Gasteiger partial charge in [-0.1, -0.05) is 35.7 Å². The summed E-state index contributed by atoms with van der Waals surface area (Å²) in [6.07, 6.45) is 5.30. The molecule has 1 heterocycles. The normalized spacial score (nSPS) is 13.1. The first-order valence-electron chi connectivity index (χ1n) is 9.55. The average molecular weight is 440 g/mol. The van der Waals surface area contributed by atoms with Crippen LogP contribution in [0.4, 0.5) is 5.69 Å². The van der Waals surface area contributed by atoms with Crippen molar-refractivity contribution in [3.63, 3.8) is 0 Å². The molecule has 2 aromatic rings. The van der Waals surface area contributed by atoms with Crippen LogP contribution in [0.1, 0.15) is 43.9 Å². The number of nitrogens with zero attached hydrogens (tertiary/aromatic N) is 1. The zero-order valence-corrected chi connectivity index (χ0v) is 18.0. The van der Waals surface area contributed by atoms with E-state index in [4.69, 9.17) is 33.7 Å². The molecule has 0 aliphatic rings. The van der Waals surface area contributed by atoms with E-state index in [1.165, 1.54) is 19.1 Å². The van der Waals surface area contributed by atoms with Crippen LogP contribution < -0.4 is 11.1 Å². The number of unbranched alkanes of at least 4 members (excludes halogenated alkanes) is 2. The minimum absolute atomic E-state index is 0.227. The number of aromatic nitrogens is 1. The standard InChI is InChI=1S/C21H27Cl2N3O3/c1-21(28,15-13-17(22)20(24)18(23)14-15)26-19(27)8-3-2-6-11-29-12-9-16-7-4-5-10-25-16/h4-5,7,10,13-14,28H,2-3,6,8-9,11-12,24H2,1H3,(H,26,27)/t21-/m1/s1. The molecule has 0 radical (unpaired) electrons. The van der Waals surface area contributed by atoms with Crippen molar-refractivity contribution >= 4 is 34.8 Å². The Kier molecular flexibility index (Phi) is 9.17. The third-order valence-electron chi connectivity index (χ3n) is 4.45. The zero-order valence-electron chi connectivity index (χ0n) is 16.5. The van der Waals surface area contributed by atoms with Gasteiger partial charge in [0.1, 0.15) is 0 Å². The summed E-state index contributed by atoms with van der Waals surface area (Å²) in [7, 11) is 0. The van der Waals surface area contributed by atoms with Crippen molar-refractivity contribution in [2.75, 3.05) is 18.9 Å². The Morgan fingerprint density at radius 2 is 1.93 bits per heavy atom. The number of anilines is 1. The first-order valence-corrected chi connectivity index (χ1v) is 10.3. The van der Waals surface area contributed by atoms with Gasteiger partial charge in [-0.2, -0.15) is 0 Å². The summed E-state index contributed by atoms with van der Waals surface area (Å²) >= 11 is 12.0. The van der Waals surface area contributed by atoms with Gasteiger partial charge in [0, 0.05) is 36.9 Å². The SMILES string of the molecule is C[C@](O)(NC(=O)CCCCCOCCc1ccccn1)c1cc(Cl)c(N)c(Cl)c1. The second kappa shape index (κ2) is 11.4. The first kappa shape index (κ1) is 23.4. The van der Waals surface area contributed by atoms with Gasteiger partial charge in [-0.15, -0.1) is 0 Å². The Labute approximate surface area is 181 Å². The van der Waals surface area contributed by atoms with Crippen LogP contribution in [0.2, 0.25) is 10.0 Å². The molecule has 1 atom stereocenters. The van der Waals surface area contributed by atoms with E-state index in [-0.39, 0.29) is 21.6 Å². The average Bonchev–Trinajstić information content (AvgIpc) is 2.68. The molecule has 0 fully saturated rings. The molecule has 0 aliphatic heterocycles. The van der Waals surface area contributed by atoms with Crippen LogP contribution in [-0.2, 0) is 21.7 Å². The van der Waals surface area contributed by atoms with Crippen LogP contribution in [0.25, 0.3) is 0 Å². The van der Waals surface area contributed by atoms with Crippen molar-refractivity contribution in [2.24, 2.45) is 0 Å². The number of carbonyl (C=O) groups excluding carboxylic acids is 1. The van der Waals surface area contributed by atoms with E-state index < -0.39 is 5.72 Å². The molecule has 2 rings (SSSR count). The summed E-state index contributed by atoms with van der Waals surface area (Å²) in [6.45, 7) is 2.75. The Morgan fingerprint density at radius 1 is 1.21 bits per heavy atom. The Balaban J connectivity index is 1.62. The largest absolute Gasteiger partial charge is 0.396 e. The van der Waals surface area contributed by atoms with E-state index in [0.717, 1.165) is 25.0 Å². The lowest BCUT2D eigenvalue weighted by Crippen LogP contribution is -2.43. The fourth-order valence-electron chi connectivity index (χ4n) is 2.76. The second-order valence-corrected chi connectivity index (χ2v) is 7.78. The molecule has 4 N–H and O–H groups in total. The third-order valence-corrected chi connectivity index (χ3v) is 5.07. The Bertz CT molecular complexity index is 778. The van der Waals surface area contributed by atoms with Gasteiger partial charge in [0.25, 0.3) is 0 Å². The monoisotopic (exact) mass is 439 g/mol. The van der Waals surface area contributed by atoms with Crippen molar-refractivity contribution < 1.29 is 14.6 Å². The van der Waals surface area contributed by atoms with Gasteiger partial charge in [0.15, 0.2) is 5.72 Å². The smallest absolute Gasteiger partial charge is 0.222 e. The fourth-order valence-corrected chi connectivity index (χ4v) is 3.25. The van der Waals surface area contributed by atoms with Crippen LogP contribution in [0.15, 0.2) is 36.5 Å². The van der Waals surface area contributed by atoms with Gasteiger partial charge in [-0.25, -0.2) is 0 Å². The summed E-state index contributed by atoms with van der Waals surface area (Å²) in [4.78, 5) is 16.4. The predicted octanol–water partition coefficient (Wildman–Crippen LogP) is 4.07. The molecule has 0 aliphatic carbocycles. The Hall–Kier alpha value is -1.86. The highest BCUT2D eigenvalue weighted by Crippen LogP contribution is 2.32. The molecule has 1 amide bonds. The highest BCUT2D eigenvalue weighted by atomic mass is 35.5. The number of amides is 1. The van der Waals surface area contributed by atoms with Crippen LogP contribution in [0.3, 0.4) is 0 Å². The van der Waals surface area contributed by atoms with Crippen molar-refractivity contribution in [3.8, 4) is 0 Å². The summed E-state index contributed by atoms with van der Waals surface area (Å²) < 4.78 is 5.60. The molecule has 1 aromatic carbocycles. The molecule has 0 unspecified atom stereocenters. The lowest BCUT2D eigenvalue weighted by atomic mass is 10.0. The minimum atomic E-state index is -1.59. The molecule has 158 valence electrons. The van der Waals surface area contributed by atoms with Crippen LogP contribution in [0.5, 0.6) is 0 Å². The number of hydrogen-bond acceptors (Lipinski definition) is 5. The summed E-state index contributed by atoms with van der Waals surface area (Å²) in [5.74, 6) is -0.254. The number of nitrogen functional groups attached to an aromatic ring is 1. The topological polar surface area (TPSA) is 97.5 Å². The maximum atomic E-state index is 12.2. The predicted molar refractivity (Wildman–Crippen MR) is 116 cm³/mol. The van der Waals surface area contributed by atoms with Gasteiger partial charge in [-0.05, 0) is 44.0 Å². The highest BCUT2D eigenvalue weighted by Gasteiger charge is 2.26. The summed E-state index contributed by atoms with van der Waals surface area (Å²) in [5, 5.41) is 13.6. The molecule has 29 heavy (non-hydrogen) atoms. The van der Waals surface area contributed by atoms with E-state index in [1.54, 1.807) is 6.20 Å². The van der Waals surface area contributed by atoms with Gasteiger partial charge in [-0.3, -0.25) is 9.78 Å². The minimum Gasteiger partial charge on any atom is -0.396 e. The van der Waals surface area contributed by atoms with E-state index >= 15 is 0 Å². The number of hydrogen-bond donors (Lipinski definition) is 3. The molecule has 6 nitrogen and oxygen atoms in total. The first-order chi connectivity index (χ1) is 13.8. The summed E-state index contributed by atoms with van der Waals surface area (Å²) in [6, 6.07) is 8.81. The van der Waals surface area contributed by atoms with E-state index in [0.29, 0.717) is 31.6 Å². The molecule has 0 saturated carbocycles. The van der Waals surface area contributed by atoms with Gasteiger partial charge >= 0.3 is 0 Å². The second-order valence-electron chi connectivity index (χ2n) is 6.97. The number of carbonyl (C=O) groups is 1. The number of rotatable bonds is 11. The number of pyridine rings is 1. The van der Waals surface area contributed by atoms with E-state index in [9.17, 15) is 9.90 Å². The number of nitrogens with one attached hydrogen (secondary N) is 1. The van der Waals surface area contributed by atoms with Crippen LogP contribution in [-0.4, -0.2) is 29.2 Å². The number of aliphatic hydroxyl groups is 1. The number of nitrogens with two attached hydrogens (primary N) is 1. The molecule has 0 saturated heterocycles. The van der Waals surface area contributed by atoms with Crippen molar-refractivity contribution in [2.45, 2.75) is 44.8 Å². The van der Waals surface area contributed by atoms with Crippen molar-refractivity contribution in [3.05, 3.63) is 57.8 Å². The molecule has 0 spiro atoms. The van der Waals surface area contributed by atoms with Crippen LogP contribution in [0, 0.1) is 0 Å². The summed E-state index contributed by atoms with van der Waals surface area (Å²) in [5.41, 5.74) is 5.74. The fraction of sp³-hybridized carbons (Fsp3) is 0.429. The maximum Gasteiger partial charge on any atom is 0.222 e. The van der Waals surface area contributed by atoms with Crippen molar-refractivity contribution in [1.82, 2.24) is 10.3 Å². The molecular weight excluding hydrogens is 413 g/mol. The number of benzene rings is 1. The van der Waals surface area contributed by atoms with Gasteiger partial charge in [0.2, 0.25) is 5.91 Å². The maximum absolute atomic E-state index is 12.2. The number of halogens is 2. The van der Waals surface area contributed by atoms with Gasteiger partial charge < -0.3 is 20.9 Å². The quantitative estimate of drug-likeness (QED) is 0.278. The molecule has 0 bridgehead atoms. The lowest BCUT2D eigenvalue weighted by molar-refractivity contribution is -0.128. The highest BCUT2D eigenvalue weighted by molar-refractivity contribution is 6.38. The Morgan fingerprint density at radius 3 is 2.59 bits per heavy atom. The zero-order chi connectivity index (χ0) is 21.3.